The Kier molecular flexibility index (Phi) is 10.9. The molecule has 0 bridgehead atoms. The Balaban J connectivity index is 3.04. The fourth-order valence-electron chi connectivity index (χ4n) is 1.44. The van der Waals surface area contributed by atoms with Gasteiger partial charge < -0.3 is 10.1 Å². The number of likely N-dealkylation sites (N-methyl/N-ethyl adjacent to an activating group) is 1. The molecule has 0 aliphatic rings. The van der Waals surface area contributed by atoms with Crippen molar-refractivity contribution in [2.75, 3.05) is 20.3 Å². The van der Waals surface area contributed by atoms with Gasteiger partial charge in [0.05, 0.1) is 6.61 Å². The van der Waals surface area contributed by atoms with Gasteiger partial charge in [-0.2, -0.15) is 0 Å². The SMILES string of the molecule is CCCCCCCOCC(CC)NC. The van der Waals surface area contributed by atoms with Crippen LogP contribution in [-0.4, -0.2) is 26.3 Å². The van der Waals surface area contributed by atoms with E-state index in [1.165, 1.54) is 32.1 Å². The van der Waals surface area contributed by atoms with Crippen LogP contribution in [-0.2, 0) is 4.74 Å². The van der Waals surface area contributed by atoms with E-state index in [0.29, 0.717) is 6.04 Å². The molecule has 0 spiro atoms. The van der Waals surface area contributed by atoms with Crippen LogP contribution in [0.25, 0.3) is 0 Å². The normalized spacial score (nSPS) is 13.1. The van der Waals surface area contributed by atoms with E-state index in [1.807, 2.05) is 7.05 Å². The molecule has 0 aliphatic heterocycles. The highest BCUT2D eigenvalue weighted by Gasteiger charge is 2.01. The molecule has 0 saturated heterocycles. The molecule has 1 unspecified atom stereocenters. The number of nitrogens with one attached hydrogen (secondary N) is 1. The molecular formula is C12H27NO. The van der Waals surface area contributed by atoms with E-state index < -0.39 is 0 Å². The first-order chi connectivity index (χ1) is 6.85. The lowest BCUT2D eigenvalue weighted by atomic mass is 10.2. The van der Waals surface area contributed by atoms with Crippen LogP contribution in [0, 0.1) is 0 Å². The van der Waals surface area contributed by atoms with E-state index in [4.69, 9.17) is 4.74 Å². The molecule has 86 valence electrons. The molecule has 0 amide bonds. The first-order valence-corrected chi connectivity index (χ1v) is 6.10. The molecule has 0 saturated carbocycles. The first kappa shape index (κ1) is 13.9. The Bertz CT molecular complexity index is 102. The molecule has 0 aromatic heterocycles. The summed E-state index contributed by atoms with van der Waals surface area (Å²) in [7, 11) is 2.00. The maximum Gasteiger partial charge on any atom is 0.0619 e. The maximum atomic E-state index is 5.60. The Morgan fingerprint density at radius 2 is 1.79 bits per heavy atom. The van der Waals surface area contributed by atoms with Crippen LogP contribution < -0.4 is 5.32 Å². The lowest BCUT2D eigenvalue weighted by molar-refractivity contribution is 0.108. The van der Waals surface area contributed by atoms with Gasteiger partial charge in [-0.05, 0) is 19.9 Å². The first-order valence-electron chi connectivity index (χ1n) is 6.10. The molecular weight excluding hydrogens is 174 g/mol. The second-order valence-corrected chi connectivity index (χ2v) is 3.88. The van der Waals surface area contributed by atoms with Crippen LogP contribution in [0.2, 0.25) is 0 Å². The van der Waals surface area contributed by atoms with Crippen molar-refractivity contribution in [3.63, 3.8) is 0 Å². The van der Waals surface area contributed by atoms with Crippen molar-refractivity contribution in [1.29, 1.82) is 0 Å². The van der Waals surface area contributed by atoms with Crippen molar-refractivity contribution in [1.82, 2.24) is 5.32 Å². The van der Waals surface area contributed by atoms with Gasteiger partial charge in [-0.15, -0.1) is 0 Å². The fraction of sp³-hybridized carbons (Fsp3) is 1.00. The third-order valence-corrected chi connectivity index (χ3v) is 2.61. The summed E-state index contributed by atoms with van der Waals surface area (Å²) in [6, 6.07) is 0.533. The molecule has 0 heterocycles. The second-order valence-electron chi connectivity index (χ2n) is 3.88. The lowest BCUT2D eigenvalue weighted by Gasteiger charge is -2.13. The Labute approximate surface area is 89.4 Å². The predicted octanol–water partition coefficient (Wildman–Crippen LogP) is 2.97. The van der Waals surface area contributed by atoms with Gasteiger partial charge in [-0.3, -0.25) is 0 Å². The highest BCUT2D eigenvalue weighted by Crippen LogP contribution is 2.02. The van der Waals surface area contributed by atoms with Crippen molar-refractivity contribution in [2.24, 2.45) is 0 Å². The van der Waals surface area contributed by atoms with E-state index in [-0.39, 0.29) is 0 Å². The molecule has 0 radical (unpaired) electrons. The zero-order valence-electron chi connectivity index (χ0n) is 10.1. The van der Waals surface area contributed by atoms with E-state index >= 15 is 0 Å². The zero-order chi connectivity index (χ0) is 10.6. The Morgan fingerprint density at radius 1 is 1.07 bits per heavy atom. The third-order valence-electron chi connectivity index (χ3n) is 2.61. The van der Waals surface area contributed by atoms with Crippen LogP contribution in [0.1, 0.15) is 52.4 Å². The topological polar surface area (TPSA) is 21.3 Å². The van der Waals surface area contributed by atoms with Crippen LogP contribution in [0.5, 0.6) is 0 Å². The van der Waals surface area contributed by atoms with Gasteiger partial charge in [0.25, 0.3) is 0 Å². The third kappa shape index (κ3) is 8.52. The summed E-state index contributed by atoms with van der Waals surface area (Å²) in [4.78, 5) is 0. The molecule has 0 rings (SSSR count). The van der Waals surface area contributed by atoms with Crippen LogP contribution in [0.4, 0.5) is 0 Å². The van der Waals surface area contributed by atoms with E-state index in [9.17, 15) is 0 Å². The zero-order valence-corrected chi connectivity index (χ0v) is 10.1. The van der Waals surface area contributed by atoms with Gasteiger partial charge >= 0.3 is 0 Å². The van der Waals surface area contributed by atoms with Gasteiger partial charge in [-0.25, -0.2) is 0 Å². The fourth-order valence-corrected chi connectivity index (χ4v) is 1.44. The van der Waals surface area contributed by atoms with Crippen molar-refractivity contribution in [2.45, 2.75) is 58.4 Å². The smallest absolute Gasteiger partial charge is 0.0619 e. The number of unbranched alkanes of at least 4 members (excludes halogenated alkanes) is 4. The van der Waals surface area contributed by atoms with Gasteiger partial charge in [0.2, 0.25) is 0 Å². The standard InChI is InChI=1S/C12H27NO/c1-4-6-7-8-9-10-14-11-12(5-2)13-3/h12-13H,4-11H2,1-3H3. The summed E-state index contributed by atoms with van der Waals surface area (Å²) in [6.45, 7) is 6.23. The van der Waals surface area contributed by atoms with Gasteiger partial charge in [-0.1, -0.05) is 39.5 Å². The highest BCUT2D eigenvalue weighted by atomic mass is 16.5. The molecule has 1 atom stereocenters. The van der Waals surface area contributed by atoms with E-state index in [2.05, 4.69) is 19.2 Å². The van der Waals surface area contributed by atoms with Crippen molar-refractivity contribution < 1.29 is 4.74 Å². The minimum Gasteiger partial charge on any atom is -0.380 e. The number of hydrogen-bond acceptors (Lipinski definition) is 2. The second kappa shape index (κ2) is 11.0. The summed E-state index contributed by atoms with van der Waals surface area (Å²) < 4.78 is 5.60. The van der Waals surface area contributed by atoms with Gasteiger partial charge in [0.1, 0.15) is 0 Å². The molecule has 0 aromatic carbocycles. The quantitative estimate of drug-likeness (QED) is 0.549. The monoisotopic (exact) mass is 201 g/mol. The Morgan fingerprint density at radius 3 is 2.36 bits per heavy atom. The highest BCUT2D eigenvalue weighted by molar-refractivity contribution is 4.59. The molecule has 0 fully saturated rings. The van der Waals surface area contributed by atoms with Crippen molar-refractivity contribution >= 4 is 0 Å². The largest absolute Gasteiger partial charge is 0.380 e. The maximum absolute atomic E-state index is 5.60. The van der Waals surface area contributed by atoms with Crippen molar-refractivity contribution in [3.05, 3.63) is 0 Å². The van der Waals surface area contributed by atoms with E-state index in [0.717, 1.165) is 19.6 Å². The van der Waals surface area contributed by atoms with E-state index in [1.54, 1.807) is 0 Å². The molecule has 0 aromatic rings. The average molecular weight is 201 g/mol. The summed E-state index contributed by atoms with van der Waals surface area (Å²) in [6.07, 6.45) is 7.74. The summed E-state index contributed by atoms with van der Waals surface area (Å²) >= 11 is 0. The average Bonchev–Trinajstić information content (AvgIpc) is 2.22. The number of rotatable bonds is 10. The Hall–Kier alpha value is -0.0800. The van der Waals surface area contributed by atoms with Crippen LogP contribution in [0.3, 0.4) is 0 Å². The molecule has 2 heteroatoms. The minimum absolute atomic E-state index is 0.533. The van der Waals surface area contributed by atoms with Gasteiger partial charge in [0.15, 0.2) is 0 Å². The summed E-state index contributed by atoms with van der Waals surface area (Å²) in [5.41, 5.74) is 0. The minimum atomic E-state index is 0.533. The summed E-state index contributed by atoms with van der Waals surface area (Å²) in [5, 5.41) is 3.24. The van der Waals surface area contributed by atoms with Crippen molar-refractivity contribution in [3.8, 4) is 0 Å². The van der Waals surface area contributed by atoms with Crippen LogP contribution in [0.15, 0.2) is 0 Å². The lowest BCUT2D eigenvalue weighted by Crippen LogP contribution is -2.29. The molecule has 1 N–H and O–H groups in total. The molecule has 0 aliphatic carbocycles. The molecule has 2 nitrogen and oxygen atoms in total. The number of ether oxygens (including phenoxy) is 1. The molecule has 14 heavy (non-hydrogen) atoms. The number of hydrogen-bond donors (Lipinski definition) is 1. The predicted molar refractivity (Wildman–Crippen MR) is 62.7 cm³/mol. The van der Waals surface area contributed by atoms with Crippen LogP contribution >= 0.6 is 0 Å². The summed E-state index contributed by atoms with van der Waals surface area (Å²) in [5.74, 6) is 0. The van der Waals surface area contributed by atoms with Gasteiger partial charge in [0, 0.05) is 12.6 Å².